The van der Waals surface area contributed by atoms with Crippen LogP contribution in [0.5, 0.6) is 0 Å². The Morgan fingerprint density at radius 3 is 2.48 bits per heavy atom. The Morgan fingerprint density at radius 1 is 1.24 bits per heavy atom. The fourth-order valence-electron chi connectivity index (χ4n) is 3.75. The summed E-state index contributed by atoms with van der Waals surface area (Å²) in [4.78, 5) is 24.5. The summed E-state index contributed by atoms with van der Waals surface area (Å²) in [7, 11) is 0. The lowest BCUT2D eigenvalue weighted by Crippen LogP contribution is -2.39. The summed E-state index contributed by atoms with van der Waals surface area (Å²) < 4.78 is 0. The molecule has 1 aromatic carbocycles. The van der Waals surface area contributed by atoms with Crippen LogP contribution in [0.15, 0.2) is 18.2 Å². The van der Waals surface area contributed by atoms with Gasteiger partial charge in [0.05, 0.1) is 4.92 Å². The van der Waals surface area contributed by atoms with E-state index in [1.165, 1.54) is 19.3 Å². The molecule has 1 saturated carbocycles. The second-order valence-electron chi connectivity index (χ2n) is 7.65. The predicted octanol–water partition coefficient (Wildman–Crippen LogP) is 5.08. The van der Waals surface area contributed by atoms with Crippen LogP contribution in [0.1, 0.15) is 70.8 Å². The molecule has 1 aliphatic carbocycles. The smallest absolute Gasteiger partial charge is 0.292 e. The van der Waals surface area contributed by atoms with E-state index >= 15 is 0 Å². The Hall–Kier alpha value is -1.91. The number of carbonyl (C=O) groups is 1. The van der Waals surface area contributed by atoms with E-state index in [1.54, 1.807) is 6.07 Å². The highest BCUT2D eigenvalue weighted by Crippen LogP contribution is 2.36. The molecule has 0 aromatic heterocycles. The van der Waals surface area contributed by atoms with Crippen LogP contribution in [-0.4, -0.2) is 23.8 Å². The number of hydrogen-bond acceptors (Lipinski definition) is 4. The third-order valence-corrected chi connectivity index (χ3v) is 5.10. The first-order valence-electron chi connectivity index (χ1n) is 9.42. The highest BCUT2D eigenvalue weighted by atomic mass is 16.6. The molecule has 1 aromatic rings. The number of rotatable bonds is 8. The summed E-state index contributed by atoms with van der Waals surface area (Å²) >= 11 is 0. The lowest BCUT2D eigenvalue weighted by molar-refractivity contribution is -0.384. The first-order valence-corrected chi connectivity index (χ1v) is 9.42. The molecule has 0 spiro atoms. The largest absolute Gasteiger partial charge is 0.363 e. The Morgan fingerprint density at radius 2 is 1.92 bits per heavy atom. The Labute approximate surface area is 150 Å². The summed E-state index contributed by atoms with van der Waals surface area (Å²) in [5.41, 5.74) is 1.75. The SMILES string of the molecule is CC(C)CN(c1ccc(C(C)CC=O)cc1[N+](=O)[O-])C1CCCCC1. The minimum atomic E-state index is -0.275. The van der Waals surface area contributed by atoms with E-state index in [4.69, 9.17) is 0 Å². The summed E-state index contributed by atoms with van der Waals surface area (Å²) in [5.74, 6) is 0.439. The van der Waals surface area contributed by atoms with Gasteiger partial charge in [-0.15, -0.1) is 0 Å². The van der Waals surface area contributed by atoms with Crippen LogP contribution in [0.4, 0.5) is 11.4 Å². The summed E-state index contributed by atoms with van der Waals surface area (Å²) in [6.07, 6.45) is 7.12. The molecule has 2 rings (SSSR count). The molecule has 1 atom stereocenters. The molecule has 0 heterocycles. The Kier molecular flexibility index (Phi) is 6.97. The van der Waals surface area contributed by atoms with Crippen LogP contribution in [0.25, 0.3) is 0 Å². The standard InChI is InChI=1S/C20H30N2O3/c1-15(2)14-21(18-7-5-4-6-8-18)19-10-9-17(16(3)11-12-23)13-20(19)22(24)25/h9-10,12-13,15-16,18H,4-8,11,14H2,1-3H3. The fourth-order valence-corrected chi connectivity index (χ4v) is 3.75. The molecule has 0 amide bonds. The van der Waals surface area contributed by atoms with Crippen molar-refractivity contribution in [3.63, 3.8) is 0 Å². The first-order chi connectivity index (χ1) is 11.9. The van der Waals surface area contributed by atoms with Gasteiger partial charge in [-0.2, -0.15) is 0 Å². The molecular weight excluding hydrogens is 316 g/mol. The zero-order valence-electron chi connectivity index (χ0n) is 15.6. The topological polar surface area (TPSA) is 63.5 Å². The molecule has 5 heteroatoms. The van der Waals surface area contributed by atoms with Gasteiger partial charge < -0.3 is 9.69 Å². The molecule has 138 valence electrons. The van der Waals surface area contributed by atoms with Crippen LogP contribution >= 0.6 is 0 Å². The number of benzene rings is 1. The van der Waals surface area contributed by atoms with Crippen molar-refractivity contribution in [2.45, 2.75) is 71.3 Å². The highest BCUT2D eigenvalue weighted by Gasteiger charge is 2.28. The van der Waals surface area contributed by atoms with Crippen molar-refractivity contribution in [2.24, 2.45) is 5.92 Å². The van der Waals surface area contributed by atoms with E-state index in [2.05, 4.69) is 18.7 Å². The zero-order valence-corrected chi connectivity index (χ0v) is 15.6. The van der Waals surface area contributed by atoms with Crippen molar-refractivity contribution in [3.8, 4) is 0 Å². The van der Waals surface area contributed by atoms with E-state index in [9.17, 15) is 14.9 Å². The summed E-state index contributed by atoms with van der Waals surface area (Å²) in [5, 5.41) is 11.7. The maximum Gasteiger partial charge on any atom is 0.292 e. The zero-order chi connectivity index (χ0) is 18.4. The van der Waals surface area contributed by atoms with Crippen LogP contribution in [0, 0.1) is 16.0 Å². The molecule has 0 aliphatic heterocycles. The normalized spacial score (nSPS) is 16.6. The van der Waals surface area contributed by atoms with Crippen LogP contribution in [0.3, 0.4) is 0 Å². The average molecular weight is 346 g/mol. The van der Waals surface area contributed by atoms with Gasteiger partial charge in [-0.3, -0.25) is 10.1 Å². The van der Waals surface area contributed by atoms with Gasteiger partial charge in [0.25, 0.3) is 5.69 Å². The van der Waals surface area contributed by atoms with Gasteiger partial charge in [0.2, 0.25) is 0 Å². The average Bonchev–Trinajstić information content (AvgIpc) is 2.60. The fraction of sp³-hybridized carbons (Fsp3) is 0.650. The lowest BCUT2D eigenvalue weighted by Gasteiger charge is -2.37. The number of nitro groups is 1. The Bertz CT molecular complexity index is 595. The molecule has 0 N–H and O–H groups in total. The van der Waals surface area contributed by atoms with Crippen molar-refractivity contribution in [1.82, 2.24) is 0 Å². The van der Waals surface area contributed by atoms with E-state index in [0.717, 1.165) is 36.9 Å². The van der Waals surface area contributed by atoms with Crippen molar-refractivity contribution >= 4 is 17.7 Å². The second-order valence-corrected chi connectivity index (χ2v) is 7.65. The highest BCUT2D eigenvalue weighted by molar-refractivity contribution is 5.66. The maximum absolute atomic E-state index is 11.7. The molecule has 1 aliphatic rings. The number of hydrogen-bond donors (Lipinski definition) is 0. The molecule has 0 radical (unpaired) electrons. The van der Waals surface area contributed by atoms with Crippen LogP contribution in [0.2, 0.25) is 0 Å². The molecule has 0 bridgehead atoms. The number of nitrogens with zero attached hydrogens (tertiary/aromatic N) is 2. The minimum absolute atomic E-state index is 0.00141. The van der Waals surface area contributed by atoms with E-state index in [0.29, 0.717) is 18.4 Å². The summed E-state index contributed by atoms with van der Waals surface area (Å²) in [6.45, 7) is 7.07. The van der Waals surface area contributed by atoms with Crippen LogP contribution in [-0.2, 0) is 4.79 Å². The molecule has 25 heavy (non-hydrogen) atoms. The number of aldehydes is 1. The van der Waals surface area contributed by atoms with Gasteiger partial charge in [0.15, 0.2) is 0 Å². The minimum Gasteiger partial charge on any atom is -0.363 e. The van der Waals surface area contributed by atoms with Crippen molar-refractivity contribution < 1.29 is 9.72 Å². The maximum atomic E-state index is 11.7. The second kappa shape index (κ2) is 8.97. The van der Waals surface area contributed by atoms with Gasteiger partial charge in [0.1, 0.15) is 12.0 Å². The lowest BCUT2D eigenvalue weighted by atomic mass is 9.92. The van der Waals surface area contributed by atoms with Gasteiger partial charge >= 0.3 is 0 Å². The monoisotopic (exact) mass is 346 g/mol. The Balaban J connectivity index is 2.40. The van der Waals surface area contributed by atoms with Gasteiger partial charge in [-0.05, 0) is 36.3 Å². The molecular formula is C20H30N2O3. The van der Waals surface area contributed by atoms with E-state index < -0.39 is 0 Å². The number of carbonyl (C=O) groups excluding carboxylic acids is 1. The van der Waals surface area contributed by atoms with Gasteiger partial charge in [-0.25, -0.2) is 0 Å². The summed E-state index contributed by atoms with van der Waals surface area (Å²) in [6, 6.07) is 5.89. The molecule has 0 saturated heterocycles. The van der Waals surface area contributed by atoms with Crippen molar-refractivity contribution in [2.75, 3.05) is 11.4 Å². The van der Waals surface area contributed by atoms with Gasteiger partial charge in [-0.1, -0.05) is 46.1 Å². The molecule has 5 nitrogen and oxygen atoms in total. The molecule has 1 fully saturated rings. The van der Waals surface area contributed by atoms with Gasteiger partial charge in [0, 0.05) is 25.1 Å². The third-order valence-electron chi connectivity index (χ3n) is 5.10. The first kappa shape index (κ1) is 19.4. The van der Waals surface area contributed by atoms with E-state index in [1.807, 2.05) is 19.1 Å². The van der Waals surface area contributed by atoms with Crippen molar-refractivity contribution in [3.05, 3.63) is 33.9 Å². The van der Waals surface area contributed by atoms with E-state index in [-0.39, 0.29) is 16.5 Å². The quantitative estimate of drug-likeness (QED) is 0.374. The third kappa shape index (κ3) is 5.03. The number of nitro benzene ring substituents is 1. The predicted molar refractivity (Wildman–Crippen MR) is 101 cm³/mol. The van der Waals surface area contributed by atoms with Crippen molar-refractivity contribution in [1.29, 1.82) is 0 Å². The molecule has 1 unspecified atom stereocenters. The van der Waals surface area contributed by atoms with Crippen LogP contribution < -0.4 is 4.90 Å². The number of anilines is 1.